The van der Waals surface area contributed by atoms with Crippen molar-refractivity contribution in [1.82, 2.24) is 5.43 Å². The lowest BCUT2D eigenvalue weighted by Gasteiger charge is -2.37. The van der Waals surface area contributed by atoms with E-state index in [1.165, 1.54) is 24.0 Å². The van der Waals surface area contributed by atoms with Gasteiger partial charge < -0.3 is 4.74 Å². The summed E-state index contributed by atoms with van der Waals surface area (Å²) >= 11 is 0. The summed E-state index contributed by atoms with van der Waals surface area (Å²) in [6, 6.07) is 9.09. The Morgan fingerprint density at radius 2 is 2.00 bits per heavy atom. The molecule has 19 heavy (non-hydrogen) atoms. The first kappa shape index (κ1) is 14.5. The number of hydrogen-bond donors (Lipinski definition) is 2. The van der Waals surface area contributed by atoms with Crippen LogP contribution in [0.4, 0.5) is 0 Å². The van der Waals surface area contributed by atoms with E-state index in [0.29, 0.717) is 12.1 Å². The van der Waals surface area contributed by atoms with Crippen LogP contribution in [0.1, 0.15) is 37.3 Å². The molecule has 1 saturated carbocycles. The molecule has 1 atom stereocenters. The summed E-state index contributed by atoms with van der Waals surface area (Å²) in [6.45, 7) is 5.01. The monoisotopic (exact) mass is 262 g/mol. The summed E-state index contributed by atoms with van der Waals surface area (Å²) in [5.74, 6) is 6.46. The average molecular weight is 262 g/mol. The maximum absolute atomic E-state index is 5.69. The normalized spacial score (nSPS) is 23.9. The van der Waals surface area contributed by atoms with E-state index in [1.807, 2.05) is 0 Å². The van der Waals surface area contributed by atoms with Gasteiger partial charge in [-0.05, 0) is 51.0 Å². The molecule has 3 nitrogen and oxygen atoms in total. The van der Waals surface area contributed by atoms with Crippen molar-refractivity contribution in [3.05, 3.63) is 35.4 Å². The Morgan fingerprint density at radius 3 is 2.58 bits per heavy atom. The molecule has 0 spiro atoms. The van der Waals surface area contributed by atoms with Crippen LogP contribution in [-0.2, 0) is 11.2 Å². The predicted octanol–water partition coefficient (Wildman–Crippen LogP) is 2.57. The van der Waals surface area contributed by atoms with E-state index in [-0.39, 0.29) is 0 Å². The fraction of sp³-hybridized carbons (Fsp3) is 0.625. The molecule has 0 bridgehead atoms. The van der Waals surface area contributed by atoms with Crippen molar-refractivity contribution >= 4 is 0 Å². The fourth-order valence-corrected chi connectivity index (χ4v) is 2.86. The van der Waals surface area contributed by atoms with Gasteiger partial charge in [0.2, 0.25) is 0 Å². The van der Waals surface area contributed by atoms with Crippen molar-refractivity contribution in [2.24, 2.45) is 11.8 Å². The van der Waals surface area contributed by atoms with E-state index >= 15 is 0 Å². The Hall–Kier alpha value is -0.900. The lowest BCUT2D eigenvalue weighted by atomic mass is 9.77. The second kappa shape index (κ2) is 7.04. The molecule has 0 aliphatic heterocycles. The van der Waals surface area contributed by atoms with Crippen LogP contribution in [0.5, 0.6) is 0 Å². The lowest BCUT2D eigenvalue weighted by molar-refractivity contribution is -0.0290. The molecule has 2 rings (SSSR count). The number of hydrazine groups is 1. The van der Waals surface area contributed by atoms with Gasteiger partial charge in [0.15, 0.2) is 0 Å². The molecule has 0 amide bonds. The maximum atomic E-state index is 5.69. The molecule has 1 unspecified atom stereocenters. The number of nitrogens with two attached hydrogens (primary N) is 1. The SMILES string of the molecule is CCOC1CC(CC(Cc2ccc(C)cc2)NN)C1. The first-order valence-electron chi connectivity index (χ1n) is 7.34. The number of rotatable bonds is 7. The van der Waals surface area contributed by atoms with Crippen LogP contribution >= 0.6 is 0 Å². The van der Waals surface area contributed by atoms with Crippen molar-refractivity contribution in [2.45, 2.75) is 51.7 Å². The Balaban J connectivity index is 1.76. The number of benzene rings is 1. The summed E-state index contributed by atoms with van der Waals surface area (Å²) in [7, 11) is 0. The zero-order chi connectivity index (χ0) is 13.7. The molecular formula is C16H26N2O. The van der Waals surface area contributed by atoms with Crippen molar-refractivity contribution in [1.29, 1.82) is 0 Å². The van der Waals surface area contributed by atoms with E-state index in [2.05, 4.69) is 43.5 Å². The molecular weight excluding hydrogens is 236 g/mol. The number of hydrogen-bond acceptors (Lipinski definition) is 3. The zero-order valence-electron chi connectivity index (χ0n) is 12.1. The van der Waals surface area contributed by atoms with Crippen LogP contribution < -0.4 is 11.3 Å². The largest absolute Gasteiger partial charge is 0.378 e. The Kier molecular flexibility index (Phi) is 5.37. The second-order valence-corrected chi connectivity index (χ2v) is 5.70. The minimum absolute atomic E-state index is 0.371. The Morgan fingerprint density at radius 1 is 1.32 bits per heavy atom. The van der Waals surface area contributed by atoms with Crippen LogP contribution in [0.25, 0.3) is 0 Å². The summed E-state index contributed by atoms with van der Waals surface area (Å²) in [4.78, 5) is 0. The van der Waals surface area contributed by atoms with Crippen LogP contribution in [0.2, 0.25) is 0 Å². The Labute approximate surface area is 116 Å². The number of nitrogens with one attached hydrogen (secondary N) is 1. The van der Waals surface area contributed by atoms with Gasteiger partial charge in [-0.15, -0.1) is 0 Å². The average Bonchev–Trinajstić information content (AvgIpc) is 2.37. The van der Waals surface area contributed by atoms with E-state index in [0.717, 1.165) is 25.4 Å². The maximum Gasteiger partial charge on any atom is 0.0580 e. The molecule has 106 valence electrons. The molecule has 1 aromatic rings. The third-order valence-corrected chi connectivity index (χ3v) is 4.05. The molecule has 0 aromatic heterocycles. The van der Waals surface area contributed by atoms with E-state index < -0.39 is 0 Å². The Bertz CT molecular complexity index is 371. The molecule has 1 aromatic carbocycles. The number of ether oxygens (including phenoxy) is 1. The predicted molar refractivity (Wildman–Crippen MR) is 78.7 cm³/mol. The minimum Gasteiger partial charge on any atom is -0.378 e. The first-order valence-corrected chi connectivity index (χ1v) is 7.34. The quantitative estimate of drug-likeness (QED) is 0.586. The first-order chi connectivity index (χ1) is 9.21. The molecule has 0 radical (unpaired) electrons. The third-order valence-electron chi connectivity index (χ3n) is 4.05. The van der Waals surface area contributed by atoms with E-state index in [9.17, 15) is 0 Å². The fourth-order valence-electron chi connectivity index (χ4n) is 2.86. The summed E-state index contributed by atoms with van der Waals surface area (Å²) in [6.07, 6.45) is 5.04. The van der Waals surface area contributed by atoms with Crippen LogP contribution in [0.15, 0.2) is 24.3 Å². The molecule has 0 heterocycles. The van der Waals surface area contributed by atoms with Crippen molar-refractivity contribution in [3.63, 3.8) is 0 Å². The van der Waals surface area contributed by atoms with Crippen LogP contribution in [0.3, 0.4) is 0 Å². The molecule has 1 aliphatic rings. The van der Waals surface area contributed by atoms with Gasteiger partial charge in [-0.3, -0.25) is 11.3 Å². The van der Waals surface area contributed by atoms with Crippen molar-refractivity contribution in [2.75, 3.05) is 6.61 Å². The summed E-state index contributed by atoms with van der Waals surface area (Å²) in [5, 5.41) is 0. The molecule has 1 aliphatic carbocycles. The van der Waals surface area contributed by atoms with Gasteiger partial charge in [0.1, 0.15) is 0 Å². The van der Waals surface area contributed by atoms with E-state index in [1.54, 1.807) is 0 Å². The van der Waals surface area contributed by atoms with Gasteiger partial charge in [0.25, 0.3) is 0 Å². The van der Waals surface area contributed by atoms with Crippen LogP contribution in [0, 0.1) is 12.8 Å². The van der Waals surface area contributed by atoms with Gasteiger partial charge in [-0.1, -0.05) is 29.8 Å². The lowest BCUT2D eigenvalue weighted by Crippen LogP contribution is -2.42. The van der Waals surface area contributed by atoms with Gasteiger partial charge in [0, 0.05) is 12.6 Å². The van der Waals surface area contributed by atoms with Gasteiger partial charge in [-0.2, -0.15) is 0 Å². The summed E-state index contributed by atoms with van der Waals surface area (Å²) in [5.41, 5.74) is 5.63. The topological polar surface area (TPSA) is 47.3 Å². The molecule has 3 heteroatoms. The minimum atomic E-state index is 0.371. The second-order valence-electron chi connectivity index (χ2n) is 5.70. The smallest absolute Gasteiger partial charge is 0.0580 e. The standard InChI is InChI=1S/C16H26N2O/c1-3-19-16-10-14(11-16)9-15(18-17)8-13-6-4-12(2)5-7-13/h4-7,14-16,18H,3,8-11,17H2,1-2H3. The highest BCUT2D eigenvalue weighted by molar-refractivity contribution is 5.22. The highest BCUT2D eigenvalue weighted by Crippen LogP contribution is 2.33. The van der Waals surface area contributed by atoms with Gasteiger partial charge in [0.05, 0.1) is 6.10 Å². The highest BCUT2D eigenvalue weighted by atomic mass is 16.5. The van der Waals surface area contributed by atoms with Gasteiger partial charge in [-0.25, -0.2) is 0 Å². The molecule has 3 N–H and O–H groups in total. The third kappa shape index (κ3) is 4.30. The van der Waals surface area contributed by atoms with Crippen molar-refractivity contribution in [3.8, 4) is 0 Å². The number of aryl methyl sites for hydroxylation is 1. The van der Waals surface area contributed by atoms with Gasteiger partial charge >= 0.3 is 0 Å². The molecule has 1 fully saturated rings. The van der Waals surface area contributed by atoms with Crippen LogP contribution in [-0.4, -0.2) is 18.8 Å². The van der Waals surface area contributed by atoms with E-state index in [4.69, 9.17) is 10.6 Å². The summed E-state index contributed by atoms with van der Waals surface area (Å²) < 4.78 is 5.60. The van der Waals surface area contributed by atoms with Crippen molar-refractivity contribution < 1.29 is 4.74 Å². The zero-order valence-corrected chi connectivity index (χ0v) is 12.1. The highest BCUT2D eigenvalue weighted by Gasteiger charge is 2.31. The molecule has 0 saturated heterocycles.